The summed E-state index contributed by atoms with van der Waals surface area (Å²) in [7, 11) is 0. The molecule has 2 N–H and O–H groups in total. The second kappa shape index (κ2) is 8.82. The average Bonchev–Trinajstić information content (AvgIpc) is 2.56. The maximum absolute atomic E-state index is 12.0. The summed E-state index contributed by atoms with van der Waals surface area (Å²) in [5, 5.41) is 6.02. The van der Waals surface area contributed by atoms with Crippen LogP contribution >= 0.6 is 0 Å². The summed E-state index contributed by atoms with van der Waals surface area (Å²) in [6.07, 6.45) is 8.95. The van der Waals surface area contributed by atoms with Crippen LogP contribution in [0.15, 0.2) is 24.3 Å². The van der Waals surface area contributed by atoms with Gasteiger partial charge in [0.25, 0.3) is 0 Å². The van der Waals surface area contributed by atoms with Gasteiger partial charge in [0, 0.05) is 6.54 Å². The number of aryl methyl sites for hydroxylation is 1. The van der Waals surface area contributed by atoms with E-state index in [0.29, 0.717) is 0 Å². The van der Waals surface area contributed by atoms with E-state index in [9.17, 15) is 4.79 Å². The molecule has 0 aromatic heterocycles. The molecule has 0 aliphatic heterocycles. The van der Waals surface area contributed by atoms with Crippen molar-refractivity contribution in [1.82, 2.24) is 10.6 Å². The number of benzene rings is 1. The number of urea groups is 1. The number of hydrogen-bond donors (Lipinski definition) is 2. The summed E-state index contributed by atoms with van der Waals surface area (Å²) in [5.74, 6) is 0.813. The highest BCUT2D eigenvalue weighted by molar-refractivity contribution is 5.74. The first kappa shape index (κ1) is 16.9. The highest BCUT2D eigenvalue weighted by Crippen LogP contribution is 2.25. The number of carbonyl (C=O) groups is 1. The van der Waals surface area contributed by atoms with Gasteiger partial charge in [-0.15, -0.1) is 0 Å². The Bertz CT molecular complexity index is 449. The monoisotopic (exact) mass is 302 g/mol. The van der Waals surface area contributed by atoms with E-state index < -0.39 is 0 Å². The topological polar surface area (TPSA) is 41.1 Å². The second-order valence-electron chi connectivity index (χ2n) is 6.51. The third-order valence-corrected chi connectivity index (χ3v) is 4.80. The predicted octanol–water partition coefficient (Wildman–Crippen LogP) is 4.58. The van der Waals surface area contributed by atoms with Crippen molar-refractivity contribution in [3.05, 3.63) is 35.4 Å². The van der Waals surface area contributed by atoms with Gasteiger partial charge in [0.05, 0.1) is 6.04 Å². The van der Waals surface area contributed by atoms with Gasteiger partial charge in [-0.25, -0.2) is 4.79 Å². The van der Waals surface area contributed by atoms with Crippen LogP contribution in [0.2, 0.25) is 0 Å². The van der Waals surface area contributed by atoms with Crippen molar-refractivity contribution in [2.24, 2.45) is 5.92 Å². The quantitative estimate of drug-likeness (QED) is 0.793. The molecule has 1 saturated carbocycles. The van der Waals surface area contributed by atoms with Gasteiger partial charge < -0.3 is 10.6 Å². The van der Waals surface area contributed by atoms with Gasteiger partial charge in [0.1, 0.15) is 0 Å². The van der Waals surface area contributed by atoms with E-state index in [2.05, 4.69) is 41.8 Å². The van der Waals surface area contributed by atoms with E-state index in [1.54, 1.807) is 0 Å². The molecule has 1 aliphatic carbocycles. The van der Waals surface area contributed by atoms with Crippen LogP contribution < -0.4 is 10.6 Å². The Kier molecular flexibility index (Phi) is 6.75. The van der Waals surface area contributed by atoms with Crippen molar-refractivity contribution in [3.8, 4) is 0 Å². The number of hydrogen-bond acceptors (Lipinski definition) is 1. The van der Waals surface area contributed by atoms with Gasteiger partial charge in [-0.2, -0.15) is 0 Å². The molecule has 0 spiro atoms. The molecule has 2 rings (SSSR count). The summed E-state index contributed by atoms with van der Waals surface area (Å²) in [6.45, 7) is 4.97. The first-order valence-corrected chi connectivity index (χ1v) is 8.82. The highest BCUT2D eigenvalue weighted by atomic mass is 16.2. The third kappa shape index (κ3) is 5.36. The minimum absolute atomic E-state index is 0.0422. The van der Waals surface area contributed by atoms with Crippen LogP contribution in [0.3, 0.4) is 0 Å². The molecule has 1 unspecified atom stereocenters. The number of rotatable bonds is 6. The Labute approximate surface area is 134 Å². The van der Waals surface area contributed by atoms with E-state index in [-0.39, 0.29) is 12.1 Å². The SMILES string of the molecule is CCc1ccc(C(C)NC(=O)NCCC2CCCCC2)cc1. The Morgan fingerprint density at radius 2 is 1.86 bits per heavy atom. The van der Waals surface area contributed by atoms with E-state index >= 15 is 0 Å². The van der Waals surface area contributed by atoms with Crippen molar-refractivity contribution in [2.75, 3.05) is 6.54 Å². The lowest BCUT2D eigenvalue weighted by Gasteiger charge is -2.22. The molecule has 3 nitrogen and oxygen atoms in total. The summed E-state index contributed by atoms with van der Waals surface area (Å²) in [4.78, 5) is 12.0. The van der Waals surface area contributed by atoms with Crippen LogP contribution in [-0.2, 0) is 6.42 Å². The molecule has 1 aromatic rings. The van der Waals surface area contributed by atoms with Gasteiger partial charge in [0.2, 0.25) is 0 Å². The summed E-state index contributed by atoms with van der Waals surface area (Å²) < 4.78 is 0. The molecule has 0 bridgehead atoms. The van der Waals surface area contributed by atoms with Crippen LogP contribution in [0, 0.1) is 5.92 Å². The summed E-state index contributed by atoms with van der Waals surface area (Å²) in [6, 6.07) is 8.46. The number of nitrogens with one attached hydrogen (secondary N) is 2. The zero-order valence-electron chi connectivity index (χ0n) is 14.0. The summed E-state index contributed by atoms with van der Waals surface area (Å²) >= 11 is 0. The lowest BCUT2D eigenvalue weighted by Crippen LogP contribution is -2.38. The van der Waals surface area contributed by atoms with Gasteiger partial charge in [-0.05, 0) is 36.8 Å². The highest BCUT2D eigenvalue weighted by Gasteiger charge is 2.14. The van der Waals surface area contributed by atoms with Gasteiger partial charge in [0.15, 0.2) is 0 Å². The maximum atomic E-state index is 12.0. The second-order valence-corrected chi connectivity index (χ2v) is 6.51. The zero-order chi connectivity index (χ0) is 15.8. The van der Waals surface area contributed by atoms with E-state index in [1.165, 1.54) is 37.7 Å². The lowest BCUT2D eigenvalue weighted by atomic mass is 9.87. The molecule has 0 heterocycles. The minimum atomic E-state index is -0.0529. The Hall–Kier alpha value is -1.51. The average molecular weight is 302 g/mol. The van der Waals surface area contributed by atoms with E-state index in [1.807, 2.05) is 6.92 Å². The fraction of sp³-hybridized carbons (Fsp3) is 0.632. The van der Waals surface area contributed by atoms with Crippen LogP contribution in [0.4, 0.5) is 4.79 Å². The van der Waals surface area contributed by atoms with E-state index in [4.69, 9.17) is 0 Å². The minimum Gasteiger partial charge on any atom is -0.338 e. The van der Waals surface area contributed by atoms with Gasteiger partial charge >= 0.3 is 6.03 Å². The molecule has 1 aliphatic rings. The molecule has 0 radical (unpaired) electrons. The first-order valence-electron chi connectivity index (χ1n) is 8.82. The predicted molar refractivity (Wildman–Crippen MR) is 92.0 cm³/mol. The molecule has 1 aromatic carbocycles. The van der Waals surface area contributed by atoms with Gasteiger partial charge in [-0.3, -0.25) is 0 Å². The third-order valence-electron chi connectivity index (χ3n) is 4.80. The Morgan fingerprint density at radius 3 is 2.50 bits per heavy atom. The molecule has 22 heavy (non-hydrogen) atoms. The smallest absolute Gasteiger partial charge is 0.315 e. The molecular formula is C19H30N2O. The van der Waals surface area contributed by atoms with Crippen LogP contribution in [0.1, 0.15) is 69.5 Å². The maximum Gasteiger partial charge on any atom is 0.315 e. The molecule has 1 fully saturated rings. The Morgan fingerprint density at radius 1 is 1.18 bits per heavy atom. The van der Waals surface area contributed by atoms with Crippen molar-refractivity contribution in [1.29, 1.82) is 0 Å². The normalized spacial score (nSPS) is 17.0. The first-order chi connectivity index (χ1) is 10.7. The van der Waals surface area contributed by atoms with Crippen molar-refractivity contribution >= 4 is 6.03 Å². The van der Waals surface area contributed by atoms with Gasteiger partial charge in [-0.1, -0.05) is 63.3 Å². The van der Waals surface area contributed by atoms with Crippen LogP contribution in [0.25, 0.3) is 0 Å². The number of amides is 2. The fourth-order valence-corrected chi connectivity index (χ4v) is 3.24. The standard InChI is InChI=1S/C19H30N2O/c1-3-16-9-11-18(12-10-16)15(2)21-19(22)20-14-13-17-7-5-4-6-8-17/h9-12,15,17H,3-8,13-14H2,1-2H3,(H2,20,21,22). The van der Waals surface area contributed by atoms with Crippen molar-refractivity contribution in [3.63, 3.8) is 0 Å². The molecule has 3 heteroatoms. The molecule has 2 amide bonds. The van der Waals surface area contributed by atoms with Crippen molar-refractivity contribution < 1.29 is 4.79 Å². The molecule has 122 valence electrons. The van der Waals surface area contributed by atoms with Crippen LogP contribution in [-0.4, -0.2) is 12.6 Å². The molecular weight excluding hydrogens is 272 g/mol. The Balaban J connectivity index is 1.68. The van der Waals surface area contributed by atoms with Crippen molar-refractivity contribution in [2.45, 2.75) is 64.8 Å². The lowest BCUT2D eigenvalue weighted by molar-refractivity contribution is 0.236. The molecule has 1 atom stereocenters. The zero-order valence-corrected chi connectivity index (χ0v) is 14.0. The number of carbonyl (C=O) groups excluding carboxylic acids is 1. The van der Waals surface area contributed by atoms with E-state index in [0.717, 1.165) is 30.9 Å². The fourth-order valence-electron chi connectivity index (χ4n) is 3.24. The van der Waals surface area contributed by atoms with Crippen LogP contribution in [0.5, 0.6) is 0 Å². The largest absolute Gasteiger partial charge is 0.338 e. The summed E-state index contributed by atoms with van der Waals surface area (Å²) in [5.41, 5.74) is 2.48. The molecule has 0 saturated heterocycles.